The van der Waals surface area contributed by atoms with E-state index in [4.69, 9.17) is 0 Å². The number of likely N-dealkylation sites (tertiary alicyclic amines) is 1. The Morgan fingerprint density at radius 1 is 1.00 bits per heavy atom. The van der Waals surface area contributed by atoms with Gasteiger partial charge in [0.15, 0.2) is 0 Å². The van der Waals surface area contributed by atoms with Gasteiger partial charge in [-0.25, -0.2) is 8.78 Å². The molecule has 1 atom stereocenters. The molecule has 4 heterocycles. The Hall–Kier alpha value is -3.10. The van der Waals surface area contributed by atoms with Crippen molar-refractivity contribution in [3.05, 3.63) is 86.4 Å². The predicted octanol–water partition coefficient (Wildman–Crippen LogP) is 2.76. The molecular weight excluding hydrogens is 426 g/mol. The molecule has 0 radical (unpaired) electrons. The van der Waals surface area contributed by atoms with Gasteiger partial charge in [-0.3, -0.25) is 18.7 Å². The minimum Gasteiger partial charge on any atom is -0.310 e. The van der Waals surface area contributed by atoms with Crippen LogP contribution in [-0.4, -0.2) is 46.3 Å². The van der Waals surface area contributed by atoms with Crippen LogP contribution in [0.3, 0.4) is 0 Å². The van der Waals surface area contributed by atoms with Gasteiger partial charge in [0.25, 0.3) is 11.1 Å². The summed E-state index contributed by atoms with van der Waals surface area (Å²) in [5.74, 6) is -0.891. The van der Waals surface area contributed by atoms with E-state index >= 15 is 0 Å². The number of piperidine rings is 1. The van der Waals surface area contributed by atoms with E-state index in [2.05, 4.69) is 10.2 Å². The van der Waals surface area contributed by atoms with Gasteiger partial charge >= 0.3 is 0 Å². The predicted molar refractivity (Wildman–Crippen MR) is 124 cm³/mol. The third-order valence-corrected chi connectivity index (χ3v) is 6.65. The van der Waals surface area contributed by atoms with E-state index < -0.39 is 11.6 Å². The lowest BCUT2D eigenvalue weighted by molar-refractivity contribution is 0.173. The minimum atomic E-state index is -0.454. The summed E-state index contributed by atoms with van der Waals surface area (Å²) >= 11 is 0. The van der Waals surface area contributed by atoms with Gasteiger partial charge in [-0.05, 0) is 56.3 Å². The molecule has 2 aromatic heterocycles. The van der Waals surface area contributed by atoms with E-state index in [0.29, 0.717) is 19.1 Å². The van der Waals surface area contributed by atoms with Gasteiger partial charge in [-0.2, -0.15) is 0 Å². The largest absolute Gasteiger partial charge is 0.310 e. The Bertz CT molecular complexity index is 1320. The van der Waals surface area contributed by atoms with Crippen LogP contribution in [0.15, 0.2) is 58.1 Å². The molecule has 2 aliphatic rings. The van der Waals surface area contributed by atoms with Crippen LogP contribution in [0.2, 0.25) is 0 Å². The van der Waals surface area contributed by atoms with E-state index in [1.807, 2.05) is 6.08 Å². The van der Waals surface area contributed by atoms with Gasteiger partial charge in [-0.15, -0.1) is 0 Å². The molecule has 172 valence electrons. The maximum atomic E-state index is 13.7. The summed E-state index contributed by atoms with van der Waals surface area (Å²) < 4.78 is 30.4. The van der Waals surface area contributed by atoms with Gasteiger partial charge in [-0.1, -0.05) is 12.2 Å². The van der Waals surface area contributed by atoms with Crippen LogP contribution >= 0.6 is 0 Å². The zero-order valence-corrected chi connectivity index (χ0v) is 18.2. The maximum Gasteiger partial charge on any atom is 0.252 e. The molecule has 2 aliphatic heterocycles. The summed E-state index contributed by atoms with van der Waals surface area (Å²) in [4.78, 5) is 27.2. The van der Waals surface area contributed by atoms with Gasteiger partial charge in [0.05, 0.1) is 6.04 Å². The Kier molecular flexibility index (Phi) is 5.95. The zero-order valence-electron chi connectivity index (χ0n) is 18.2. The molecular formula is C25H26F2N4O2. The molecule has 5 rings (SSSR count). The van der Waals surface area contributed by atoms with Crippen LogP contribution in [0.5, 0.6) is 0 Å². The number of nitrogens with zero attached hydrogens (tertiary/aromatic N) is 3. The number of nitrogens with one attached hydrogen (secondary N) is 1. The van der Waals surface area contributed by atoms with Gasteiger partial charge in [0, 0.05) is 48.8 Å². The SMILES string of the molecule is O=c1ccc2ccc(=O)n3c2n1C[C@H]3CN1CCC(NC/C=C/c2cc(F)ccc2F)CC1. The van der Waals surface area contributed by atoms with E-state index in [9.17, 15) is 18.4 Å². The van der Waals surface area contributed by atoms with Crippen molar-refractivity contribution in [2.24, 2.45) is 0 Å². The molecule has 0 amide bonds. The molecule has 1 fully saturated rings. The van der Waals surface area contributed by atoms with Crippen LogP contribution < -0.4 is 16.4 Å². The standard InChI is InChI=1S/C25H26F2N4O2/c26-19-5-6-22(27)18(14-19)2-1-11-28-20-9-12-29(13-10-20)15-21-16-30-23(32)7-3-17-4-8-24(33)31(21)25(17)30/h1-8,14,20-21,28H,9-13,15-16H2/b2-1+/t21-/m1/s1. The third kappa shape index (κ3) is 4.41. The lowest BCUT2D eigenvalue weighted by Gasteiger charge is -2.34. The fourth-order valence-corrected chi connectivity index (χ4v) is 4.97. The summed E-state index contributed by atoms with van der Waals surface area (Å²) in [7, 11) is 0. The molecule has 0 unspecified atom stereocenters. The van der Waals surface area contributed by atoms with Crippen molar-refractivity contribution in [2.75, 3.05) is 26.2 Å². The fourth-order valence-electron chi connectivity index (χ4n) is 4.97. The van der Waals surface area contributed by atoms with Crippen molar-refractivity contribution in [3.8, 4) is 0 Å². The van der Waals surface area contributed by atoms with Gasteiger partial charge in [0.1, 0.15) is 17.3 Å². The summed E-state index contributed by atoms with van der Waals surface area (Å²) in [6.45, 7) is 3.62. The van der Waals surface area contributed by atoms with Crippen LogP contribution in [0, 0.1) is 11.6 Å². The van der Waals surface area contributed by atoms with Crippen molar-refractivity contribution in [1.82, 2.24) is 19.4 Å². The smallest absolute Gasteiger partial charge is 0.252 e. The van der Waals surface area contributed by atoms with Crippen molar-refractivity contribution in [2.45, 2.75) is 31.5 Å². The zero-order chi connectivity index (χ0) is 22.9. The van der Waals surface area contributed by atoms with Crippen LogP contribution in [0.4, 0.5) is 8.78 Å². The van der Waals surface area contributed by atoms with Crippen molar-refractivity contribution < 1.29 is 8.78 Å². The van der Waals surface area contributed by atoms with E-state index in [0.717, 1.165) is 55.6 Å². The van der Waals surface area contributed by atoms with E-state index in [1.165, 1.54) is 6.07 Å². The Labute approximate surface area is 189 Å². The average molecular weight is 453 g/mol. The number of benzene rings is 1. The van der Waals surface area contributed by atoms with Gasteiger partial charge < -0.3 is 10.2 Å². The lowest BCUT2D eigenvalue weighted by atomic mass is 10.0. The maximum absolute atomic E-state index is 13.7. The molecule has 0 bridgehead atoms. The first-order chi connectivity index (χ1) is 16.0. The monoisotopic (exact) mass is 452 g/mol. The first kappa shape index (κ1) is 21.7. The summed E-state index contributed by atoms with van der Waals surface area (Å²) in [5, 5.41) is 4.36. The molecule has 8 heteroatoms. The molecule has 0 spiro atoms. The normalized spacial score (nSPS) is 19.2. The molecule has 1 aromatic carbocycles. The first-order valence-electron chi connectivity index (χ1n) is 11.3. The van der Waals surface area contributed by atoms with Crippen molar-refractivity contribution in [1.29, 1.82) is 0 Å². The van der Waals surface area contributed by atoms with Gasteiger partial charge in [0.2, 0.25) is 0 Å². The van der Waals surface area contributed by atoms with Crippen LogP contribution in [0.25, 0.3) is 17.1 Å². The second-order valence-electron chi connectivity index (χ2n) is 8.81. The molecule has 33 heavy (non-hydrogen) atoms. The lowest BCUT2D eigenvalue weighted by Crippen LogP contribution is -2.44. The number of aromatic nitrogens is 2. The number of pyridine rings is 2. The highest BCUT2D eigenvalue weighted by Gasteiger charge is 2.29. The number of rotatable bonds is 6. The highest BCUT2D eigenvalue weighted by atomic mass is 19.1. The minimum absolute atomic E-state index is 0.0510. The highest BCUT2D eigenvalue weighted by Crippen LogP contribution is 2.25. The summed E-state index contributed by atoms with van der Waals surface area (Å²) in [6.07, 6.45) is 5.32. The van der Waals surface area contributed by atoms with E-state index in [1.54, 1.807) is 39.5 Å². The van der Waals surface area contributed by atoms with E-state index in [-0.39, 0.29) is 22.7 Å². The number of hydrogen-bond donors (Lipinski definition) is 1. The molecule has 0 saturated carbocycles. The molecule has 6 nitrogen and oxygen atoms in total. The van der Waals surface area contributed by atoms with Crippen molar-refractivity contribution >= 4 is 17.1 Å². The highest BCUT2D eigenvalue weighted by molar-refractivity contribution is 5.76. The molecule has 0 aliphatic carbocycles. The molecule has 1 N–H and O–H groups in total. The molecule has 3 aromatic rings. The summed E-state index contributed by atoms with van der Waals surface area (Å²) in [5.41, 5.74) is 0.826. The number of hydrogen-bond acceptors (Lipinski definition) is 4. The fraction of sp³-hybridized carbons (Fsp3) is 0.360. The summed E-state index contributed by atoms with van der Waals surface area (Å²) in [6, 6.07) is 10.4. The quantitative estimate of drug-likeness (QED) is 0.625. The second-order valence-corrected chi connectivity index (χ2v) is 8.81. The van der Waals surface area contributed by atoms with Crippen LogP contribution in [-0.2, 0) is 6.54 Å². The topological polar surface area (TPSA) is 59.3 Å². The average Bonchev–Trinajstić information content (AvgIpc) is 3.20. The molecule has 1 saturated heterocycles. The second kappa shape index (κ2) is 9.03. The Morgan fingerprint density at radius 3 is 2.55 bits per heavy atom. The number of halogens is 2. The van der Waals surface area contributed by atoms with Crippen molar-refractivity contribution in [3.63, 3.8) is 0 Å². The Balaban J connectivity index is 1.15. The third-order valence-electron chi connectivity index (χ3n) is 6.65. The Morgan fingerprint density at radius 2 is 1.76 bits per heavy atom. The van der Waals surface area contributed by atoms with Crippen LogP contribution in [0.1, 0.15) is 24.4 Å². The first-order valence-corrected chi connectivity index (χ1v) is 11.3.